The minimum absolute atomic E-state index is 0.0571. The number of hydrogen-bond donors (Lipinski definition) is 2. The van der Waals surface area contributed by atoms with Gasteiger partial charge in [-0.1, -0.05) is 26.8 Å². The van der Waals surface area contributed by atoms with Crippen molar-refractivity contribution in [2.75, 3.05) is 5.32 Å². The van der Waals surface area contributed by atoms with E-state index in [0.29, 0.717) is 5.69 Å². The second-order valence-corrected chi connectivity index (χ2v) is 4.54. The van der Waals surface area contributed by atoms with Gasteiger partial charge in [0.1, 0.15) is 0 Å². The third-order valence-corrected chi connectivity index (χ3v) is 1.72. The monoisotopic (exact) mass is 219 g/mol. The highest BCUT2D eigenvalue weighted by Gasteiger charge is 2.04. The lowest BCUT2D eigenvalue weighted by atomic mass is 9.97. The van der Waals surface area contributed by atoms with E-state index in [1.165, 1.54) is 0 Å². The van der Waals surface area contributed by atoms with Crippen molar-refractivity contribution in [3.63, 3.8) is 0 Å². The Morgan fingerprint density at radius 3 is 2.75 bits per heavy atom. The Hall–Kier alpha value is -1.84. The first-order chi connectivity index (χ1) is 7.47. The number of amides is 2. The number of nitrogens with one attached hydrogen (secondary N) is 2. The largest absolute Gasteiger partial charge is 0.323 e. The SMILES string of the molecule is CC(C)(C)/C=C/NC(=O)Nc1cccnc1. The van der Waals surface area contributed by atoms with Gasteiger partial charge in [0.2, 0.25) is 0 Å². The van der Waals surface area contributed by atoms with Gasteiger partial charge in [-0.15, -0.1) is 0 Å². The number of carbonyl (C=O) groups is 1. The number of carbonyl (C=O) groups excluding carboxylic acids is 1. The average Bonchev–Trinajstić information content (AvgIpc) is 2.17. The van der Waals surface area contributed by atoms with Crippen LogP contribution in [0.15, 0.2) is 36.8 Å². The summed E-state index contributed by atoms with van der Waals surface area (Å²) in [5, 5.41) is 5.29. The number of hydrogen-bond acceptors (Lipinski definition) is 2. The summed E-state index contributed by atoms with van der Waals surface area (Å²) < 4.78 is 0. The first kappa shape index (κ1) is 12.2. The highest BCUT2D eigenvalue weighted by molar-refractivity contribution is 5.89. The van der Waals surface area contributed by atoms with Crippen LogP contribution in [0.3, 0.4) is 0 Å². The Morgan fingerprint density at radius 2 is 2.19 bits per heavy atom. The van der Waals surface area contributed by atoms with Crippen LogP contribution in [0.4, 0.5) is 10.5 Å². The number of nitrogens with zero attached hydrogens (tertiary/aromatic N) is 1. The normalized spacial score (nSPS) is 11.4. The summed E-state index contributed by atoms with van der Waals surface area (Å²) in [6.07, 6.45) is 6.82. The van der Waals surface area contributed by atoms with Crippen molar-refractivity contribution in [3.8, 4) is 0 Å². The lowest BCUT2D eigenvalue weighted by Crippen LogP contribution is -2.24. The number of anilines is 1. The van der Waals surface area contributed by atoms with E-state index in [-0.39, 0.29) is 11.4 Å². The zero-order valence-corrected chi connectivity index (χ0v) is 9.82. The van der Waals surface area contributed by atoms with Gasteiger partial charge >= 0.3 is 6.03 Å². The maximum Gasteiger partial charge on any atom is 0.323 e. The fourth-order valence-electron chi connectivity index (χ4n) is 0.971. The van der Waals surface area contributed by atoms with Gasteiger partial charge in [-0.3, -0.25) is 4.98 Å². The summed E-state index contributed by atoms with van der Waals surface area (Å²) in [5.74, 6) is 0. The van der Waals surface area contributed by atoms with Crippen LogP contribution in [0.1, 0.15) is 20.8 Å². The highest BCUT2D eigenvalue weighted by Crippen LogP contribution is 2.13. The molecule has 1 aromatic heterocycles. The molecule has 2 N–H and O–H groups in total. The van der Waals surface area contributed by atoms with E-state index in [1.54, 1.807) is 30.7 Å². The first-order valence-corrected chi connectivity index (χ1v) is 5.13. The van der Waals surface area contributed by atoms with Crippen molar-refractivity contribution in [2.24, 2.45) is 5.41 Å². The standard InChI is InChI=1S/C12H17N3O/c1-12(2,3)6-8-14-11(16)15-10-5-4-7-13-9-10/h4-9H,1-3H3,(H2,14,15,16)/b8-6+. The number of allylic oxidation sites excluding steroid dienone is 1. The summed E-state index contributed by atoms with van der Waals surface area (Å²) in [4.78, 5) is 15.3. The molecule has 4 nitrogen and oxygen atoms in total. The molecule has 1 aromatic rings. The third kappa shape index (κ3) is 5.14. The Morgan fingerprint density at radius 1 is 1.44 bits per heavy atom. The molecule has 0 aliphatic heterocycles. The van der Waals surface area contributed by atoms with Crippen molar-refractivity contribution >= 4 is 11.7 Å². The van der Waals surface area contributed by atoms with Gasteiger partial charge in [0.05, 0.1) is 11.9 Å². The molecular formula is C12H17N3O. The van der Waals surface area contributed by atoms with E-state index in [0.717, 1.165) is 0 Å². The predicted molar refractivity (Wildman–Crippen MR) is 65.0 cm³/mol. The molecule has 0 unspecified atom stereocenters. The Bertz CT molecular complexity index is 366. The van der Waals surface area contributed by atoms with E-state index < -0.39 is 0 Å². The maximum atomic E-state index is 11.4. The Kier molecular flexibility index (Phi) is 4.05. The van der Waals surface area contributed by atoms with Gasteiger partial charge in [-0.05, 0) is 17.5 Å². The first-order valence-electron chi connectivity index (χ1n) is 5.13. The molecule has 0 saturated heterocycles. The van der Waals surface area contributed by atoms with Crippen molar-refractivity contribution in [1.29, 1.82) is 0 Å². The van der Waals surface area contributed by atoms with Crippen LogP contribution in [-0.4, -0.2) is 11.0 Å². The molecule has 0 bridgehead atoms. The summed E-state index contributed by atoms with van der Waals surface area (Å²) in [6, 6.07) is 3.27. The van der Waals surface area contributed by atoms with Gasteiger partial charge in [-0.2, -0.15) is 0 Å². The van der Waals surface area contributed by atoms with Gasteiger partial charge < -0.3 is 10.6 Å². The average molecular weight is 219 g/mol. The number of pyridine rings is 1. The van der Waals surface area contributed by atoms with Crippen molar-refractivity contribution in [1.82, 2.24) is 10.3 Å². The summed E-state index contributed by atoms with van der Waals surface area (Å²) >= 11 is 0. The topological polar surface area (TPSA) is 54.0 Å². The molecule has 16 heavy (non-hydrogen) atoms. The Balaban J connectivity index is 2.41. The minimum Gasteiger partial charge on any atom is -0.315 e. The minimum atomic E-state index is -0.270. The van der Waals surface area contributed by atoms with E-state index >= 15 is 0 Å². The zero-order valence-electron chi connectivity index (χ0n) is 9.82. The van der Waals surface area contributed by atoms with Gasteiger partial charge in [0.25, 0.3) is 0 Å². The van der Waals surface area contributed by atoms with E-state index in [2.05, 4.69) is 36.4 Å². The fraction of sp³-hybridized carbons (Fsp3) is 0.333. The van der Waals surface area contributed by atoms with Crippen LogP contribution in [0.5, 0.6) is 0 Å². The molecule has 0 aliphatic carbocycles. The Labute approximate surface area is 95.8 Å². The van der Waals surface area contributed by atoms with Crippen LogP contribution >= 0.6 is 0 Å². The molecule has 1 rings (SSSR count). The molecule has 0 atom stereocenters. The number of urea groups is 1. The predicted octanol–water partition coefficient (Wildman–Crippen LogP) is 2.76. The number of aromatic nitrogens is 1. The molecule has 0 saturated carbocycles. The molecule has 0 aliphatic rings. The summed E-state index contributed by atoms with van der Waals surface area (Å²) in [6.45, 7) is 6.18. The van der Waals surface area contributed by atoms with Gasteiger partial charge in [0, 0.05) is 12.4 Å². The molecule has 0 fully saturated rings. The van der Waals surface area contributed by atoms with Crippen molar-refractivity contribution in [3.05, 3.63) is 36.8 Å². The smallest absolute Gasteiger partial charge is 0.315 e. The molecule has 0 radical (unpaired) electrons. The zero-order chi connectivity index (χ0) is 12.0. The maximum absolute atomic E-state index is 11.4. The van der Waals surface area contributed by atoms with Crippen LogP contribution in [0.2, 0.25) is 0 Å². The second kappa shape index (κ2) is 5.30. The van der Waals surface area contributed by atoms with Crippen molar-refractivity contribution in [2.45, 2.75) is 20.8 Å². The van der Waals surface area contributed by atoms with Crippen molar-refractivity contribution < 1.29 is 4.79 Å². The molecule has 86 valence electrons. The van der Waals surface area contributed by atoms with Gasteiger partial charge in [0.15, 0.2) is 0 Å². The number of rotatable bonds is 2. The summed E-state index contributed by atoms with van der Waals surface area (Å²) in [5.41, 5.74) is 0.728. The van der Waals surface area contributed by atoms with Crippen LogP contribution in [0, 0.1) is 5.41 Å². The molecule has 4 heteroatoms. The third-order valence-electron chi connectivity index (χ3n) is 1.72. The summed E-state index contributed by atoms with van der Waals surface area (Å²) in [7, 11) is 0. The van der Waals surface area contributed by atoms with Gasteiger partial charge in [-0.25, -0.2) is 4.79 Å². The van der Waals surface area contributed by atoms with E-state index in [9.17, 15) is 4.79 Å². The lowest BCUT2D eigenvalue weighted by Gasteiger charge is -2.11. The van der Waals surface area contributed by atoms with Crippen LogP contribution < -0.4 is 10.6 Å². The molecule has 0 spiro atoms. The quantitative estimate of drug-likeness (QED) is 0.803. The molecule has 0 aromatic carbocycles. The highest BCUT2D eigenvalue weighted by atomic mass is 16.2. The van der Waals surface area contributed by atoms with E-state index in [1.807, 2.05) is 6.08 Å². The fourth-order valence-corrected chi connectivity index (χ4v) is 0.971. The molecule has 2 amide bonds. The van der Waals surface area contributed by atoms with Crippen LogP contribution in [-0.2, 0) is 0 Å². The second-order valence-electron chi connectivity index (χ2n) is 4.54. The van der Waals surface area contributed by atoms with Crippen LogP contribution in [0.25, 0.3) is 0 Å². The van der Waals surface area contributed by atoms with E-state index in [4.69, 9.17) is 0 Å². The lowest BCUT2D eigenvalue weighted by molar-refractivity contribution is 0.255. The molecular weight excluding hydrogens is 202 g/mol. The molecule has 1 heterocycles.